The van der Waals surface area contributed by atoms with Crippen LogP contribution in [0.3, 0.4) is 0 Å². The third-order valence-electron chi connectivity index (χ3n) is 9.24. The number of aromatic nitrogens is 4. The smallest absolute Gasteiger partial charge is 0.272 e. The molecule has 6 aromatic carbocycles. The first-order valence-electron chi connectivity index (χ1n) is 16.6. The highest BCUT2D eigenvalue weighted by Gasteiger charge is 2.23. The van der Waals surface area contributed by atoms with Crippen molar-refractivity contribution in [3.05, 3.63) is 177 Å². The number of nitrogens with zero attached hydrogens (tertiary/aromatic N) is 2. The van der Waals surface area contributed by atoms with Gasteiger partial charge in [-0.1, -0.05) is 98.8 Å². The van der Waals surface area contributed by atoms with Crippen LogP contribution in [0, 0.1) is 0 Å². The van der Waals surface area contributed by atoms with E-state index in [1.165, 1.54) is 0 Å². The highest BCUT2D eigenvalue weighted by molar-refractivity contribution is 5.95. The minimum absolute atomic E-state index is 0.272. The summed E-state index contributed by atoms with van der Waals surface area (Å²) in [5.41, 5.74) is 4.62. The van der Waals surface area contributed by atoms with E-state index in [0.717, 1.165) is 33.0 Å². The number of ether oxygens (including phenoxy) is 2. The predicted molar refractivity (Wildman–Crippen MR) is 201 cm³/mol. The number of hydrogen-bond acceptors (Lipinski definition) is 6. The first-order valence-corrected chi connectivity index (χ1v) is 16.6. The second-order valence-electron chi connectivity index (χ2n) is 12.8. The largest absolute Gasteiger partial charge is 0.457 e. The van der Waals surface area contributed by atoms with Gasteiger partial charge in [-0.3, -0.25) is 9.59 Å². The third-order valence-corrected chi connectivity index (χ3v) is 9.24. The monoisotopic (exact) mass is 668 g/mol. The molecule has 2 N–H and O–H groups in total. The lowest BCUT2D eigenvalue weighted by atomic mass is 9.78. The Morgan fingerprint density at radius 1 is 0.451 bits per heavy atom. The fourth-order valence-corrected chi connectivity index (χ4v) is 6.37. The molecule has 0 aliphatic rings. The van der Waals surface area contributed by atoms with E-state index in [4.69, 9.17) is 9.47 Å². The molecule has 8 heteroatoms. The van der Waals surface area contributed by atoms with E-state index in [1.54, 1.807) is 12.1 Å². The molecule has 0 radical (unpaired) electrons. The lowest BCUT2D eigenvalue weighted by Crippen LogP contribution is -2.18. The Kier molecular flexibility index (Phi) is 7.96. The molecule has 2 aromatic heterocycles. The van der Waals surface area contributed by atoms with E-state index >= 15 is 0 Å². The molecule has 0 aliphatic carbocycles. The zero-order valence-corrected chi connectivity index (χ0v) is 27.9. The minimum Gasteiger partial charge on any atom is -0.457 e. The molecule has 0 saturated carbocycles. The van der Waals surface area contributed by atoms with Crippen molar-refractivity contribution in [2.75, 3.05) is 0 Å². The highest BCUT2D eigenvalue weighted by atomic mass is 16.5. The predicted octanol–water partition coefficient (Wildman–Crippen LogP) is 9.40. The van der Waals surface area contributed by atoms with Crippen LogP contribution in [0.5, 0.6) is 23.0 Å². The number of hydrogen-bond donors (Lipinski definition) is 2. The van der Waals surface area contributed by atoms with Gasteiger partial charge in [0, 0.05) is 27.3 Å². The van der Waals surface area contributed by atoms with Crippen LogP contribution >= 0.6 is 0 Å². The van der Waals surface area contributed by atoms with Crippen molar-refractivity contribution in [3.63, 3.8) is 0 Å². The number of rotatable bonds is 8. The molecule has 0 spiro atoms. The Hall–Kier alpha value is -6.80. The first-order chi connectivity index (χ1) is 24.8. The van der Waals surface area contributed by atoms with E-state index in [-0.39, 0.29) is 16.5 Å². The third kappa shape index (κ3) is 6.15. The Morgan fingerprint density at radius 2 is 0.824 bits per heavy atom. The van der Waals surface area contributed by atoms with Crippen molar-refractivity contribution in [1.82, 2.24) is 20.4 Å². The van der Waals surface area contributed by atoms with Gasteiger partial charge in [-0.25, -0.2) is 10.2 Å². The summed E-state index contributed by atoms with van der Waals surface area (Å²) in [4.78, 5) is 25.4. The number of benzene rings is 6. The van der Waals surface area contributed by atoms with E-state index in [2.05, 4.69) is 58.5 Å². The van der Waals surface area contributed by atoms with E-state index < -0.39 is 0 Å². The minimum atomic E-state index is -0.314. The molecule has 2 heterocycles. The van der Waals surface area contributed by atoms with Crippen LogP contribution in [0.1, 0.15) is 25.0 Å². The van der Waals surface area contributed by atoms with Gasteiger partial charge < -0.3 is 9.47 Å². The SMILES string of the molecule is CC(C)(c1ccc(Oc2ccc3c(-c4ccccc4)n[nH]c(=O)c3c2)cc1)c1ccc(Oc2ccc3c(-c4ccccc4)n[nH]c(=O)c3c2)cc1. The van der Waals surface area contributed by atoms with E-state index in [9.17, 15) is 9.59 Å². The number of H-pyrrole nitrogens is 2. The Labute approximate surface area is 293 Å². The van der Waals surface area contributed by atoms with Gasteiger partial charge in [0.25, 0.3) is 11.1 Å². The summed E-state index contributed by atoms with van der Waals surface area (Å²) in [6.45, 7) is 4.33. The molecular weight excluding hydrogens is 636 g/mol. The van der Waals surface area contributed by atoms with Crippen molar-refractivity contribution in [3.8, 4) is 45.5 Å². The molecule has 0 atom stereocenters. The molecular formula is C43H32N4O4. The van der Waals surface area contributed by atoms with Crippen LogP contribution in [0.4, 0.5) is 0 Å². The second kappa shape index (κ2) is 12.9. The quantitative estimate of drug-likeness (QED) is 0.167. The summed E-state index contributed by atoms with van der Waals surface area (Å²) in [5.74, 6) is 2.44. The fourth-order valence-electron chi connectivity index (χ4n) is 6.37. The van der Waals surface area contributed by atoms with Crippen molar-refractivity contribution >= 4 is 21.5 Å². The number of aromatic amines is 2. The Balaban J connectivity index is 0.981. The molecule has 0 aliphatic heterocycles. The standard InChI is InChI=1S/C43H32N4O4/c1-43(2,29-13-17-31(18-14-29)50-33-21-23-35-37(25-33)41(48)46-44-39(35)27-9-5-3-6-10-27)30-15-19-32(20-16-30)51-34-22-24-36-38(26-34)42(49)47-45-40(36)28-11-7-4-8-12-28/h3-26H,1-2H3,(H,46,48)(H,47,49). The summed E-state index contributed by atoms with van der Waals surface area (Å²) < 4.78 is 12.4. The summed E-state index contributed by atoms with van der Waals surface area (Å²) in [6, 6.07) is 46.4. The van der Waals surface area contributed by atoms with Gasteiger partial charge >= 0.3 is 0 Å². The van der Waals surface area contributed by atoms with Crippen LogP contribution in [-0.2, 0) is 5.41 Å². The molecule has 8 nitrogen and oxygen atoms in total. The molecule has 0 unspecified atom stereocenters. The van der Waals surface area contributed by atoms with E-state index in [1.807, 2.05) is 109 Å². The fraction of sp³-hybridized carbons (Fsp3) is 0.0698. The van der Waals surface area contributed by atoms with E-state index in [0.29, 0.717) is 45.2 Å². The molecule has 8 rings (SSSR count). The Morgan fingerprint density at radius 3 is 1.22 bits per heavy atom. The van der Waals surface area contributed by atoms with Crippen molar-refractivity contribution in [2.45, 2.75) is 19.3 Å². The molecule has 0 amide bonds. The van der Waals surface area contributed by atoms with Crippen molar-refractivity contribution in [1.29, 1.82) is 0 Å². The van der Waals surface area contributed by atoms with Gasteiger partial charge in [-0.15, -0.1) is 0 Å². The average molecular weight is 669 g/mol. The lowest BCUT2D eigenvalue weighted by Gasteiger charge is -2.26. The van der Waals surface area contributed by atoms with Gasteiger partial charge in [-0.05, 0) is 71.8 Å². The topological polar surface area (TPSA) is 110 Å². The number of nitrogens with one attached hydrogen (secondary N) is 2. The maximum Gasteiger partial charge on any atom is 0.272 e. The number of fused-ring (bicyclic) bond motifs is 2. The van der Waals surface area contributed by atoms with Crippen LogP contribution < -0.4 is 20.6 Å². The second-order valence-corrected chi connectivity index (χ2v) is 12.8. The van der Waals surface area contributed by atoms with Crippen LogP contribution in [0.25, 0.3) is 44.1 Å². The molecule has 0 saturated heterocycles. The van der Waals surface area contributed by atoms with Crippen LogP contribution in [-0.4, -0.2) is 20.4 Å². The van der Waals surface area contributed by atoms with Gasteiger partial charge in [0.05, 0.1) is 22.2 Å². The molecule has 8 aromatic rings. The first kappa shape index (κ1) is 31.5. The maximum absolute atomic E-state index is 12.7. The van der Waals surface area contributed by atoms with Crippen LogP contribution in [0.15, 0.2) is 155 Å². The normalized spacial score (nSPS) is 11.5. The molecule has 0 fully saturated rings. The highest BCUT2D eigenvalue weighted by Crippen LogP contribution is 2.36. The van der Waals surface area contributed by atoms with Gasteiger partial charge in [0.15, 0.2) is 0 Å². The molecule has 51 heavy (non-hydrogen) atoms. The van der Waals surface area contributed by atoms with Crippen LogP contribution in [0.2, 0.25) is 0 Å². The van der Waals surface area contributed by atoms with Gasteiger partial charge in [-0.2, -0.15) is 10.2 Å². The maximum atomic E-state index is 12.7. The summed E-state index contributed by atoms with van der Waals surface area (Å²) in [5, 5.41) is 16.4. The van der Waals surface area contributed by atoms with Crippen molar-refractivity contribution < 1.29 is 9.47 Å². The van der Waals surface area contributed by atoms with Crippen molar-refractivity contribution in [2.24, 2.45) is 0 Å². The lowest BCUT2D eigenvalue weighted by molar-refractivity contribution is 0.482. The average Bonchev–Trinajstić information content (AvgIpc) is 3.17. The van der Waals surface area contributed by atoms with Gasteiger partial charge in [0.1, 0.15) is 23.0 Å². The summed E-state index contributed by atoms with van der Waals surface area (Å²) in [6.07, 6.45) is 0. The molecule has 248 valence electrons. The molecule has 0 bridgehead atoms. The zero-order chi connectivity index (χ0) is 35.0. The summed E-state index contributed by atoms with van der Waals surface area (Å²) >= 11 is 0. The Bertz CT molecular complexity index is 2450. The summed E-state index contributed by atoms with van der Waals surface area (Å²) in [7, 11) is 0. The zero-order valence-electron chi connectivity index (χ0n) is 27.9. The van der Waals surface area contributed by atoms with Gasteiger partial charge in [0.2, 0.25) is 0 Å².